The van der Waals surface area contributed by atoms with E-state index in [1.807, 2.05) is 5.38 Å². The second kappa shape index (κ2) is 5.13. The molecule has 2 heterocycles. The van der Waals surface area contributed by atoms with Gasteiger partial charge in [-0.3, -0.25) is 4.79 Å². The van der Waals surface area contributed by atoms with Crippen LogP contribution in [-0.2, 0) is 10.4 Å². The number of hydrogen-bond donors (Lipinski definition) is 2. The summed E-state index contributed by atoms with van der Waals surface area (Å²) in [4.78, 5) is 16.2. The van der Waals surface area contributed by atoms with Gasteiger partial charge in [-0.05, 0) is 24.6 Å². The fraction of sp³-hybridized carbons (Fsp3) is 0.333. The Bertz CT molecular complexity index is 637. The minimum absolute atomic E-state index is 0.159. The van der Waals surface area contributed by atoms with Crippen molar-refractivity contribution in [2.75, 3.05) is 7.11 Å². The first kappa shape index (κ1) is 14.0. The average Bonchev–Trinajstić information content (AvgIpc) is 2.97. The van der Waals surface area contributed by atoms with Crippen molar-refractivity contribution in [3.8, 4) is 5.75 Å². The Morgan fingerprint density at radius 3 is 2.62 bits per heavy atom. The van der Waals surface area contributed by atoms with E-state index >= 15 is 0 Å². The number of β-lactam (4-membered cyclic amide) rings is 1. The number of carbonyl (C=O) groups is 1. The van der Waals surface area contributed by atoms with Crippen LogP contribution in [0.5, 0.6) is 5.75 Å². The van der Waals surface area contributed by atoms with E-state index in [-0.39, 0.29) is 11.9 Å². The van der Waals surface area contributed by atoms with Crippen molar-refractivity contribution in [3.05, 3.63) is 46.4 Å². The van der Waals surface area contributed by atoms with E-state index in [4.69, 9.17) is 4.74 Å². The SMILES string of the molecule is COc1ccc(C(C)(O)C2C(=O)NC2c2cscn2)cc1. The predicted octanol–water partition coefficient (Wildman–Crippen LogP) is 1.85. The van der Waals surface area contributed by atoms with Crippen molar-refractivity contribution in [2.24, 2.45) is 5.92 Å². The van der Waals surface area contributed by atoms with Crippen LogP contribution < -0.4 is 10.1 Å². The van der Waals surface area contributed by atoms with Gasteiger partial charge in [0.25, 0.3) is 0 Å². The molecule has 0 spiro atoms. The van der Waals surface area contributed by atoms with Gasteiger partial charge in [0.2, 0.25) is 5.91 Å². The van der Waals surface area contributed by atoms with E-state index in [9.17, 15) is 9.90 Å². The number of methoxy groups -OCH3 is 1. The van der Waals surface area contributed by atoms with E-state index in [1.54, 1.807) is 43.8 Å². The molecule has 0 aliphatic carbocycles. The van der Waals surface area contributed by atoms with Crippen LogP contribution in [0.1, 0.15) is 24.2 Å². The molecule has 5 nitrogen and oxygen atoms in total. The van der Waals surface area contributed by atoms with Crippen LogP contribution in [0.25, 0.3) is 0 Å². The number of benzene rings is 1. The van der Waals surface area contributed by atoms with Gasteiger partial charge in [-0.1, -0.05) is 12.1 Å². The number of hydrogen-bond acceptors (Lipinski definition) is 5. The number of thiazole rings is 1. The zero-order chi connectivity index (χ0) is 15.0. The number of ether oxygens (including phenoxy) is 1. The summed E-state index contributed by atoms with van der Waals surface area (Å²) in [5.74, 6) is 0.00507. The van der Waals surface area contributed by atoms with E-state index in [2.05, 4.69) is 10.3 Å². The predicted molar refractivity (Wildman–Crippen MR) is 79.1 cm³/mol. The molecule has 0 bridgehead atoms. The highest BCUT2D eigenvalue weighted by Crippen LogP contribution is 2.43. The normalized spacial score (nSPS) is 23.9. The Labute approximate surface area is 126 Å². The molecule has 1 saturated heterocycles. The standard InChI is InChI=1S/C15H16N2O3S/c1-15(19,9-3-5-10(20-2)6-4-9)12-13(17-14(12)18)11-7-21-8-16-11/h3-8,12-13,19H,1-2H3,(H,17,18). The Balaban J connectivity index is 1.90. The van der Waals surface area contributed by atoms with E-state index in [0.717, 1.165) is 5.69 Å². The van der Waals surface area contributed by atoms with Crippen LogP contribution >= 0.6 is 11.3 Å². The third-order valence-electron chi connectivity index (χ3n) is 3.96. The van der Waals surface area contributed by atoms with Gasteiger partial charge in [0, 0.05) is 5.38 Å². The Kier molecular flexibility index (Phi) is 3.43. The first-order valence-electron chi connectivity index (χ1n) is 6.59. The van der Waals surface area contributed by atoms with Crippen LogP contribution in [0.3, 0.4) is 0 Å². The van der Waals surface area contributed by atoms with Crippen LogP contribution in [0.4, 0.5) is 0 Å². The minimum Gasteiger partial charge on any atom is -0.497 e. The zero-order valence-corrected chi connectivity index (χ0v) is 12.6. The first-order chi connectivity index (χ1) is 10.0. The zero-order valence-electron chi connectivity index (χ0n) is 11.7. The summed E-state index contributed by atoms with van der Waals surface area (Å²) >= 11 is 1.47. The number of amides is 1. The number of carbonyl (C=O) groups excluding carboxylic acids is 1. The third kappa shape index (κ3) is 2.30. The lowest BCUT2D eigenvalue weighted by molar-refractivity contribution is -0.151. The molecule has 21 heavy (non-hydrogen) atoms. The maximum Gasteiger partial charge on any atom is 0.229 e. The summed E-state index contributed by atoms with van der Waals surface area (Å²) < 4.78 is 5.11. The Morgan fingerprint density at radius 1 is 1.38 bits per heavy atom. The molecule has 3 atom stereocenters. The van der Waals surface area contributed by atoms with Crippen LogP contribution in [0.15, 0.2) is 35.2 Å². The molecule has 1 aliphatic heterocycles. The summed E-state index contributed by atoms with van der Waals surface area (Å²) in [6.07, 6.45) is 0. The van der Waals surface area contributed by atoms with Crippen molar-refractivity contribution < 1.29 is 14.6 Å². The van der Waals surface area contributed by atoms with Gasteiger partial charge in [0.15, 0.2) is 0 Å². The number of rotatable bonds is 4. The largest absolute Gasteiger partial charge is 0.497 e. The minimum atomic E-state index is -1.26. The highest BCUT2D eigenvalue weighted by atomic mass is 32.1. The van der Waals surface area contributed by atoms with Crippen LogP contribution in [0, 0.1) is 5.92 Å². The number of aromatic nitrogens is 1. The summed E-state index contributed by atoms with van der Waals surface area (Å²) in [7, 11) is 1.59. The quantitative estimate of drug-likeness (QED) is 0.846. The topological polar surface area (TPSA) is 71.5 Å². The lowest BCUT2D eigenvalue weighted by Gasteiger charge is -2.44. The monoisotopic (exact) mass is 304 g/mol. The second-order valence-corrected chi connectivity index (χ2v) is 5.97. The van der Waals surface area contributed by atoms with Crippen molar-refractivity contribution in [1.82, 2.24) is 10.3 Å². The number of nitrogens with one attached hydrogen (secondary N) is 1. The maximum atomic E-state index is 12.0. The molecular weight excluding hydrogens is 288 g/mol. The van der Waals surface area contributed by atoms with Gasteiger partial charge in [-0.2, -0.15) is 0 Å². The molecular formula is C15H16N2O3S. The molecule has 1 aliphatic rings. The molecule has 2 N–H and O–H groups in total. The summed E-state index contributed by atoms with van der Waals surface area (Å²) in [6, 6.07) is 6.86. The number of aliphatic hydroxyl groups is 1. The summed E-state index contributed by atoms with van der Waals surface area (Å²) in [6.45, 7) is 1.66. The molecule has 3 unspecified atom stereocenters. The highest BCUT2D eigenvalue weighted by molar-refractivity contribution is 7.07. The summed E-state index contributed by atoms with van der Waals surface area (Å²) in [5, 5.41) is 15.6. The number of nitrogens with zero attached hydrogens (tertiary/aromatic N) is 1. The molecule has 2 aromatic rings. The Hall–Kier alpha value is -1.92. The van der Waals surface area contributed by atoms with Crippen molar-refractivity contribution in [3.63, 3.8) is 0 Å². The first-order valence-corrected chi connectivity index (χ1v) is 7.53. The van der Waals surface area contributed by atoms with Gasteiger partial charge in [-0.15, -0.1) is 11.3 Å². The molecule has 1 aromatic carbocycles. The second-order valence-electron chi connectivity index (χ2n) is 5.25. The fourth-order valence-electron chi connectivity index (χ4n) is 2.69. The molecule has 3 rings (SSSR count). The molecule has 1 fully saturated rings. The third-order valence-corrected chi connectivity index (χ3v) is 4.57. The highest BCUT2D eigenvalue weighted by Gasteiger charge is 2.52. The van der Waals surface area contributed by atoms with Crippen LogP contribution in [-0.4, -0.2) is 23.1 Å². The molecule has 0 saturated carbocycles. The molecule has 110 valence electrons. The van der Waals surface area contributed by atoms with Gasteiger partial charge in [0.1, 0.15) is 11.4 Å². The van der Waals surface area contributed by atoms with Gasteiger partial charge in [0.05, 0.1) is 30.3 Å². The van der Waals surface area contributed by atoms with Crippen molar-refractivity contribution in [1.29, 1.82) is 0 Å². The average molecular weight is 304 g/mol. The fourth-order valence-corrected chi connectivity index (χ4v) is 3.28. The van der Waals surface area contributed by atoms with E-state index < -0.39 is 11.5 Å². The molecule has 1 aromatic heterocycles. The summed E-state index contributed by atoms with van der Waals surface area (Å²) in [5.41, 5.74) is 1.93. The van der Waals surface area contributed by atoms with Gasteiger partial charge in [-0.25, -0.2) is 4.98 Å². The van der Waals surface area contributed by atoms with Crippen LogP contribution in [0.2, 0.25) is 0 Å². The van der Waals surface area contributed by atoms with Crippen molar-refractivity contribution >= 4 is 17.2 Å². The molecule has 1 amide bonds. The van der Waals surface area contributed by atoms with Crippen molar-refractivity contribution in [2.45, 2.75) is 18.6 Å². The Morgan fingerprint density at radius 2 is 2.10 bits per heavy atom. The lowest BCUT2D eigenvalue weighted by atomic mass is 9.72. The van der Waals surface area contributed by atoms with Gasteiger partial charge < -0.3 is 15.2 Å². The van der Waals surface area contributed by atoms with Gasteiger partial charge >= 0.3 is 0 Å². The molecule has 6 heteroatoms. The van der Waals surface area contributed by atoms with E-state index in [1.165, 1.54) is 11.3 Å². The van der Waals surface area contributed by atoms with E-state index in [0.29, 0.717) is 11.3 Å². The lowest BCUT2D eigenvalue weighted by Crippen LogP contribution is -2.59. The molecule has 0 radical (unpaired) electrons. The smallest absolute Gasteiger partial charge is 0.229 e. The maximum absolute atomic E-state index is 12.0.